The van der Waals surface area contributed by atoms with Crippen LogP contribution in [0, 0.1) is 0 Å². The number of amides is 2. The predicted molar refractivity (Wildman–Crippen MR) is 166 cm³/mol. The number of sulfone groups is 1. The highest BCUT2D eigenvalue weighted by atomic mass is 32.2. The third-order valence-corrected chi connectivity index (χ3v) is 10.4. The number of H-pyrrole nitrogens is 1. The van der Waals surface area contributed by atoms with E-state index < -0.39 is 32.9 Å². The first-order valence-electron chi connectivity index (χ1n) is 14.3. The number of likely N-dealkylation sites (N-methyl/N-ethyl adjacent to an activating group) is 1. The number of aromatic amines is 1. The molecule has 11 nitrogen and oxygen atoms in total. The summed E-state index contributed by atoms with van der Waals surface area (Å²) in [6.07, 6.45) is 2.03. The SMILES string of the molecule is COc1cc2ccc1CCOC(=O)Nc1ccc(S(=O)(=O)C3CC3)c(c1)CN(C)C(=O)[C@@]2(F)Nc1ccc2cc[nH]c(=O)c2c1. The fourth-order valence-electron chi connectivity index (χ4n) is 5.49. The molecule has 7 rings (SSSR count). The fourth-order valence-corrected chi connectivity index (χ4v) is 7.35. The zero-order valence-electron chi connectivity index (χ0n) is 24.6. The standard InChI is InChI=1S/C32H31FN4O7S/c1-37-18-21-15-23(7-10-28(21)45(41,42)25-8-9-25)35-31(40)44-14-12-20-3-5-22(16-27(20)43-2)32(33,30(37)39)36-24-6-4-19-11-13-34-29(38)26(19)17-24/h3-7,10-11,13,15-17,25,36H,8-9,12,14,18H2,1-2H3,(H,34,38)(H,35,40)/t32-/m0/s1. The minimum atomic E-state index is -3.73. The highest BCUT2D eigenvalue weighted by Crippen LogP contribution is 2.38. The number of hydrogen-bond donors (Lipinski definition) is 3. The first kappa shape index (κ1) is 30.1. The van der Waals surface area contributed by atoms with Crippen molar-refractivity contribution in [1.29, 1.82) is 0 Å². The number of carbonyl (C=O) groups excluding carboxylic acids is 2. The normalized spacial score (nSPS) is 19.2. The average molecular weight is 635 g/mol. The van der Waals surface area contributed by atoms with E-state index in [2.05, 4.69) is 15.6 Å². The lowest BCUT2D eigenvalue weighted by Gasteiger charge is -2.32. The largest absolute Gasteiger partial charge is 0.496 e. The van der Waals surface area contributed by atoms with Crippen molar-refractivity contribution in [2.45, 2.75) is 41.7 Å². The van der Waals surface area contributed by atoms with Gasteiger partial charge in [-0.25, -0.2) is 17.6 Å². The molecule has 3 aliphatic rings. The number of hydrogen-bond acceptors (Lipinski definition) is 8. The Kier molecular flexibility index (Phi) is 7.73. The fraction of sp³-hybridized carbons (Fsp3) is 0.281. The van der Waals surface area contributed by atoms with Gasteiger partial charge in [-0.15, -0.1) is 0 Å². The summed E-state index contributed by atoms with van der Waals surface area (Å²) in [5, 5.41) is 5.69. The van der Waals surface area contributed by atoms with Gasteiger partial charge in [0, 0.05) is 48.5 Å². The molecule has 4 bridgehead atoms. The van der Waals surface area contributed by atoms with E-state index in [1.54, 1.807) is 24.3 Å². The summed E-state index contributed by atoms with van der Waals surface area (Å²) in [7, 11) is -0.962. The third-order valence-electron chi connectivity index (χ3n) is 8.01. The Morgan fingerprint density at radius 1 is 1.02 bits per heavy atom. The third kappa shape index (κ3) is 5.82. The van der Waals surface area contributed by atoms with Crippen LogP contribution < -0.4 is 20.9 Å². The second-order valence-corrected chi connectivity index (χ2v) is 13.4. The zero-order valence-corrected chi connectivity index (χ0v) is 25.4. The van der Waals surface area contributed by atoms with Gasteiger partial charge >= 0.3 is 6.09 Å². The molecule has 2 aliphatic heterocycles. The van der Waals surface area contributed by atoms with Gasteiger partial charge in [-0.1, -0.05) is 18.2 Å². The number of ether oxygens (including phenoxy) is 2. The van der Waals surface area contributed by atoms with Crippen LogP contribution in [0.1, 0.15) is 29.5 Å². The van der Waals surface area contributed by atoms with Crippen molar-refractivity contribution in [3.05, 3.63) is 93.9 Å². The molecule has 2 amide bonds. The van der Waals surface area contributed by atoms with Gasteiger partial charge in [0.25, 0.3) is 17.3 Å². The molecule has 13 heteroatoms. The molecule has 1 aromatic heterocycles. The molecule has 3 heterocycles. The molecule has 1 saturated carbocycles. The maximum atomic E-state index is 17.5. The molecule has 0 radical (unpaired) electrons. The Balaban J connectivity index is 1.47. The van der Waals surface area contributed by atoms with Crippen LogP contribution in [0.5, 0.6) is 5.75 Å². The quantitative estimate of drug-likeness (QED) is 0.273. The van der Waals surface area contributed by atoms with Gasteiger partial charge in [0.2, 0.25) is 0 Å². The van der Waals surface area contributed by atoms with Crippen molar-refractivity contribution in [2.24, 2.45) is 0 Å². The topological polar surface area (TPSA) is 147 Å². The molecule has 234 valence electrons. The number of halogens is 1. The first-order valence-corrected chi connectivity index (χ1v) is 15.9. The molecule has 0 spiro atoms. The number of fused-ring (bicyclic) bond motifs is 10. The molecule has 45 heavy (non-hydrogen) atoms. The number of rotatable bonds is 5. The highest BCUT2D eigenvalue weighted by Gasteiger charge is 2.44. The van der Waals surface area contributed by atoms with E-state index in [1.165, 1.54) is 56.8 Å². The number of aromatic nitrogens is 1. The van der Waals surface area contributed by atoms with Crippen molar-refractivity contribution in [2.75, 3.05) is 31.4 Å². The Morgan fingerprint density at radius 3 is 2.58 bits per heavy atom. The summed E-state index contributed by atoms with van der Waals surface area (Å²) < 4.78 is 55.0. The Bertz CT molecular complexity index is 1990. The second-order valence-electron chi connectivity index (χ2n) is 11.2. The highest BCUT2D eigenvalue weighted by molar-refractivity contribution is 7.92. The number of methoxy groups -OCH3 is 1. The second kappa shape index (κ2) is 11.5. The van der Waals surface area contributed by atoms with Gasteiger partial charge in [0.05, 0.1) is 23.9 Å². The van der Waals surface area contributed by atoms with E-state index in [9.17, 15) is 22.8 Å². The molecule has 1 aliphatic carbocycles. The summed E-state index contributed by atoms with van der Waals surface area (Å²) in [6, 6.07) is 15.0. The Morgan fingerprint density at radius 2 is 1.82 bits per heavy atom. The van der Waals surface area contributed by atoms with Crippen LogP contribution >= 0.6 is 0 Å². The lowest BCUT2D eigenvalue weighted by molar-refractivity contribution is -0.142. The van der Waals surface area contributed by atoms with Crippen LogP contribution in [0.4, 0.5) is 20.6 Å². The average Bonchev–Trinajstić information content (AvgIpc) is 3.87. The molecular weight excluding hydrogens is 603 g/mol. The molecule has 3 aromatic carbocycles. The number of anilines is 2. The van der Waals surface area contributed by atoms with Crippen LogP contribution in [0.3, 0.4) is 0 Å². The molecule has 3 N–H and O–H groups in total. The van der Waals surface area contributed by atoms with Crippen molar-refractivity contribution >= 4 is 44.0 Å². The van der Waals surface area contributed by atoms with E-state index in [0.29, 0.717) is 29.2 Å². The monoisotopic (exact) mass is 634 g/mol. The van der Waals surface area contributed by atoms with Gasteiger partial charge in [0.1, 0.15) is 5.75 Å². The molecule has 0 saturated heterocycles. The molecule has 0 unspecified atom stereocenters. The van der Waals surface area contributed by atoms with E-state index in [0.717, 1.165) is 4.90 Å². The van der Waals surface area contributed by atoms with Crippen LogP contribution in [0.15, 0.2) is 76.6 Å². The number of nitrogens with zero attached hydrogens (tertiary/aromatic N) is 1. The smallest absolute Gasteiger partial charge is 0.411 e. The van der Waals surface area contributed by atoms with Gasteiger partial charge in [-0.05, 0) is 71.8 Å². The maximum absolute atomic E-state index is 17.5. The number of pyridine rings is 1. The van der Waals surface area contributed by atoms with E-state index in [-0.39, 0.29) is 58.3 Å². The molecule has 1 fully saturated rings. The van der Waals surface area contributed by atoms with Crippen molar-refractivity contribution < 1.29 is 31.9 Å². The molecule has 4 aromatic rings. The Labute approximate surface area is 258 Å². The summed E-state index contributed by atoms with van der Waals surface area (Å²) >= 11 is 0. The predicted octanol–water partition coefficient (Wildman–Crippen LogP) is 4.47. The summed E-state index contributed by atoms with van der Waals surface area (Å²) in [5.41, 5.74) is 0.761. The van der Waals surface area contributed by atoms with Crippen molar-refractivity contribution in [3.8, 4) is 5.75 Å². The minimum Gasteiger partial charge on any atom is -0.496 e. The van der Waals surface area contributed by atoms with Gasteiger partial charge in [-0.3, -0.25) is 14.9 Å². The number of carbonyl (C=O) groups is 2. The van der Waals surface area contributed by atoms with E-state index >= 15 is 4.39 Å². The molecular formula is C32H31FN4O7S. The van der Waals surface area contributed by atoms with Crippen LogP contribution in [-0.2, 0) is 38.1 Å². The van der Waals surface area contributed by atoms with E-state index in [1.807, 2.05) is 0 Å². The van der Waals surface area contributed by atoms with Crippen molar-refractivity contribution in [1.82, 2.24) is 9.88 Å². The number of alkyl halides is 1. The lowest BCUT2D eigenvalue weighted by Crippen LogP contribution is -2.47. The summed E-state index contributed by atoms with van der Waals surface area (Å²) in [6.45, 7) is -0.334. The molecule has 1 atom stereocenters. The first-order chi connectivity index (χ1) is 21.5. The summed E-state index contributed by atoms with van der Waals surface area (Å²) in [4.78, 5) is 42.9. The minimum absolute atomic E-state index is 0.00174. The van der Waals surface area contributed by atoms with Gasteiger partial charge in [-0.2, -0.15) is 0 Å². The summed E-state index contributed by atoms with van der Waals surface area (Å²) in [5.74, 6) is -3.65. The van der Waals surface area contributed by atoms with Gasteiger partial charge < -0.3 is 24.7 Å². The zero-order chi connectivity index (χ0) is 31.9. The Hall–Kier alpha value is -4.91. The van der Waals surface area contributed by atoms with Crippen LogP contribution in [0.2, 0.25) is 0 Å². The van der Waals surface area contributed by atoms with Gasteiger partial charge in [0.15, 0.2) is 9.84 Å². The van der Waals surface area contributed by atoms with Crippen LogP contribution in [-0.4, -0.2) is 56.3 Å². The van der Waals surface area contributed by atoms with Crippen molar-refractivity contribution in [3.63, 3.8) is 0 Å². The van der Waals surface area contributed by atoms with E-state index in [4.69, 9.17) is 9.47 Å². The number of benzene rings is 3. The van der Waals surface area contributed by atoms with Crippen LogP contribution in [0.25, 0.3) is 10.8 Å². The maximum Gasteiger partial charge on any atom is 0.411 e. The lowest BCUT2D eigenvalue weighted by atomic mass is 9.98. The number of nitrogens with one attached hydrogen (secondary N) is 3.